The van der Waals surface area contributed by atoms with Gasteiger partial charge in [-0.1, -0.05) is 13.8 Å². The average Bonchev–Trinajstić information content (AvgIpc) is 1.99. The van der Waals surface area contributed by atoms with Gasteiger partial charge in [0.15, 0.2) is 5.78 Å². The zero-order valence-electron chi connectivity index (χ0n) is 8.85. The number of hydrogen-bond acceptors (Lipinski definition) is 2. The van der Waals surface area contributed by atoms with E-state index in [4.69, 9.17) is 0 Å². The van der Waals surface area contributed by atoms with E-state index in [1.165, 1.54) is 0 Å². The minimum atomic E-state index is 0.0818. The van der Waals surface area contributed by atoms with Crippen LogP contribution in [-0.4, -0.2) is 12.0 Å². The summed E-state index contributed by atoms with van der Waals surface area (Å²) in [4.78, 5) is 15.8. The van der Waals surface area contributed by atoms with Crippen molar-refractivity contribution in [1.29, 1.82) is 0 Å². The topological polar surface area (TPSA) is 29.4 Å². The smallest absolute Gasteiger partial charge is 0.160 e. The fourth-order valence-corrected chi connectivity index (χ4v) is 1.67. The summed E-state index contributed by atoms with van der Waals surface area (Å²) in [5, 5.41) is 0. The first-order chi connectivity index (χ1) is 5.96. The standard InChI is InChI=1S/C11H17NO/c1-5-12-9-6-11(3,4)7-10(13)8(9)2/h5H,6-7H2,1-4H3. The minimum absolute atomic E-state index is 0.0818. The Balaban J connectivity index is 3.02. The van der Waals surface area contributed by atoms with Gasteiger partial charge in [0.2, 0.25) is 0 Å². The lowest BCUT2D eigenvalue weighted by atomic mass is 9.76. The maximum absolute atomic E-state index is 11.6. The van der Waals surface area contributed by atoms with E-state index in [0.29, 0.717) is 6.42 Å². The molecule has 1 rings (SSSR count). The molecular weight excluding hydrogens is 162 g/mol. The molecule has 2 nitrogen and oxygen atoms in total. The van der Waals surface area contributed by atoms with Crippen LogP contribution in [0.1, 0.15) is 40.5 Å². The molecule has 1 aliphatic rings. The van der Waals surface area contributed by atoms with Crippen LogP contribution >= 0.6 is 0 Å². The van der Waals surface area contributed by atoms with Crippen LogP contribution in [0.5, 0.6) is 0 Å². The van der Waals surface area contributed by atoms with E-state index in [9.17, 15) is 4.79 Å². The van der Waals surface area contributed by atoms with Gasteiger partial charge in [-0.2, -0.15) is 0 Å². The van der Waals surface area contributed by atoms with E-state index < -0.39 is 0 Å². The summed E-state index contributed by atoms with van der Waals surface area (Å²) >= 11 is 0. The molecule has 0 fully saturated rings. The van der Waals surface area contributed by atoms with Crippen LogP contribution in [0.2, 0.25) is 0 Å². The number of ketones is 1. The highest BCUT2D eigenvalue weighted by molar-refractivity contribution is 5.97. The number of carbonyl (C=O) groups excluding carboxylic acids is 1. The van der Waals surface area contributed by atoms with Gasteiger partial charge in [-0.05, 0) is 25.7 Å². The zero-order valence-corrected chi connectivity index (χ0v) is 8.85. The van der Waals surface area contributed by atoms with Gasteiger partial charge >= 0.3 is 0 Å². The third-order valence-electron chi connectivity index (χ3n) is 2.42. The van der Waals surface area contributed by atoms with Crippen LogP contribution in [0.25, 0.3) is 0 Å². The number of nitrogens with zero attached hydrogens (tertiary/aromatic N) is 1. The number of rotatable bonds is 1. The Morgan fingerprint density at radius 2 is 2.00 bits per heavy atom. The molecule has 0 unspecified atom stereocenters. The summed E-state index contributed by atoms with van der Waals surface area (Å²) in [5.74, 6) is 0.247. The summed E-state index contributed by atoms with van der Waals surface area (Å²) in [6, 6.07) is 0. The molecule has 0 aromatic heterocycles. The molecule has 72 valence electrons. The summed E-state index contributed by atoms with van der Waals surface area (Å²) in [7, 11) is 0. The first-order valence-corrected chi connectivity index (χ1v) is 4.68. The molecule has 0 radical (unpaired) electrons. The van der Waals surface area contributed by atoms with E-state index in [-0.39, 0.29) is 11.2 Å². The number of allylic oxidation sites excluding steroid dienone is 2. The number of aliphatic imine (C=N–C) groups is 1. The van der Waals surface area contributed by atoms with Crippen molar-refractivity contribution in [3.8, 4) is 0 Å². The lowest BCUT2D eigenvalue weighted by molar-refractivity contribution is -0.118. The molecule has 0 heterocycles. The van der Waals surface area contributed by atoms with E-state index in [2.05, 4.69) is 18.8 Å². The van der Waals surface area contributed by atoms with Gasteiger partial charge in [-0.15, -0.1) is 0 Å². The third kappa shape index (κ3) is 2.27. The first kappa shape index (κ1) is 10.2. The van der Waals surface area contributed by atoms with Crippen LogP contribution in [0.15, 0.2) is 16.3 Å². The molecule has 0 aromatic rings. The van der Waals surface area contributed by atoms with Crippen molar-refractivity contribution >= 4 is 12.0 Å². The Hall–Kier alpha value is -0.920. The zero-order chi connectivity index (χ0) is 10.1. The van der Waals surface area contributed by atoms with Crippen molar-refractivity contribution in [3.05, 3.63) is 11.3 Å². The predicted molar refractivity (Wildman–Crippen MR) is 54.9 cm³/mol. The SMILES string of the molecule is CC=NC1=C(C)C(=O)CC(C)(C)C1. The van der Waals surface area contributed by atoms with E-state index in [0.717, 1.165) is 17.7 Å². The van der Waals surface area contributed by atoms with Crippen LogP contribution in [0.3, 0.4) is 0 Å². The lowest BCUT2D eigenvalue weighted by Gasteiger charge is -2.29. The molecule has 0 N–H and O–H groups in total. The van der Waals surface area contributed by atoms with Gasteiger partial charge in [0.25, 0.3) is 0 Å². The second-order valence-electron chi connectivity index (χ2n) is 4.40. The van der Waals surface area contributed by atoms with Crippen molar-refractivity contribution in [2.75, 3.05) is 0 Å². The minimum Gasteiger partial charge on any atom is -0.294 e. The molecule has 2 heteroatoms. The van der Waals surface area contributed by atoms with E-state index >= 15 is 0 Å². The van der Waals surface area contributed by atoms with Crippen molar-refractivity contribution in [3.63, 3.8) is 0 Å². The average molecular weight is 179 g/mol. The predicted octanol–water partition coefficient (Wildman–Crippen LogP) is 2.74. The van der Waals surface area contributed by atoms with Crippen molar-refractivity contribution in [1.82, 2.24) is 0 Å². The molecule has 13 heavy (non-hydrogen) atoms. The third-order valence-corrected chi connectivity index (χ3v) is 2.42. The van der Waals surface area contributed by atoms with E-state index in [1.54, 1.807) is 6.21 Å². The van der Waals surface area contributed by atoms with Crippen LogP contribution < -0.4 is 0 Å². The van der Waals surface area contributed by atoms with Crippen molar-refractivity contribution in [2.24, 2.45) is 10.4 Å². The maximum Gasteiger partial charge on any atom is 0.160 e. The van der Waals surface area contributed by atoms with Crippen molar-refractivity contribution in [2.45, 2.75) is 40.5 Å². The van der Waals surface area contributed by atoms with Gasteiger partial charge in [-0.3, -0.25) is 9.79 Å². The van der Waals surface area contributed by atoms with Crippen LogP contribution in [-0.2, 0) is 4.79 Å². The molecule has 0 spiro atoms. The summed E-state index contributed by atoms with van der Waals surface area (Å²) < 4.78 is 0. The number of hydrogen-bond donors (Lipinski definition) is 0. The molecule has 0 aliphatic heterocycles. The highest BCUT2D eigenvalue weighted by atomic mass is 16.1. The molecule has 0 aromatic carbocycles. The fourth-order valence-electron chi connectivity index (χ4n) is 1.67. The van der Waals surface area contributed by atoms with Gasteiger partial charge in [0.05, 0.1) is 0 Å². The Kier molecular flexibility index (Phi) is 2.69. The Labute approximate surface area is 79.8 Å². The largest absolute Gasteiger partial charge is 0.294 e. The summed E-state index contributed by atoms with van der Waals surface area (Å²) in [6.45, 7) is 7.98. The lowest BCUT2D eigenvalue weighted by Crippen LogP contribution is -2.24. The van der Waals surface area contributed by atoms with Crippen molar-refractivity contribution < 1.29 is 4.79 Å². The molecular formula is C11H17NO. The molecule has 0 saturated heterocycles. The second-order valence-corrected chi connectivity index (χ2v) is 4.40. The molecule has 0 saturated carbocycles. The molecule has 1 aliphatic carbocycles. The summed E-state index contributed by atoms with van der Waals surface area (Å²) in [6.07, 6.45) is 3.32. The second kappa shape index (κ2) is 3.44. The Morgan fingerprint density at radius 1 is 1.38 bits per heavy atom. The van der Waals surface area contributed by atoms with Crippen LogP contribution in [0, 0.1) is 5.41 Å². The fraction of sp³-hybridized carbons (Fsp3) is 0.636. The highest BCUT2D eigenvalue weighted by Gasteiger charge is 2.30. The normalized spacial score (nSPS) is 22.9. The van der Waals surface area contributed by atoms with Gasteiger partial charge in [0, 0.05) is 23.9 Å². The first-order valence-electron chi connectivity index (χ1n) is 4.68. The van der Waals surface area contributed by atoms with Gasteiger partial charge in [-0.25, -0.2) is 0 Å². The molecule has 0 bridgehead atoms. The maximum atomic E-state index is 11.6. The number of Topliss-reactive ketones (excluding diaryl/α,β-unsaturated/α-hetero) is 1. The quantitative estimate of drug-likeness (QED) is 0.569. The number of carbonyl (C=O) groups is 1. The monoisotopic (exact) mass is 179 g/mol. The van der Waals surface area contributed by atoms with E-state index in [1.807, 2.05) is 13.8 Å². The Bertz CT molecular complexity index is 284. The summed E-state index contributed by atoms with van der Waals surface area (Å²) in [5.41, 5.74) is 1.89. The highest BCUT2D eigenvalue weighted by Crippen LogP contribution is 2.36. The van der Waals surface area contributed by atoms with Crippen LogP contribution in [0.4, 0.5) is 0 Å². The molecule has 0 amide bonds. The van der Waals surface area contributed by atoms with Gasteiger partial charge < -0.3 is 0 Å². The van der Waals surface area contributed by atoms with Gasteiger partial charge in [0.1, 0.15) is 0 Å². The molecule has 0 atom stereocenters. The Morgan fingerprint density at radius 3 is 2.54 bits per heavy atom.